The molecule has 0 aliphatic heterocycles. The molecule has 0 saturated heterocycles. The second-order valence-corrected chi connectivity index (χ2v) is 7.24. The van der Waals surface area contributed by atoms with Crippen LogP contribution in [0.2, 0.25) is 0 Å². The van der Waals surface area contributed by atoms with Gasteiger partial charge in [-0.3, -0.25) is 0 Å². The van der Waals surface area contributed by atoms with Crippen molar-refractivity contribution in [2.24, 2.45) is 0 Å². The number of hydrogen-bond donors (Lipinski definition) is 0. The largest absolute Gasteiger partial charge is 0.303 e. The number of pyridine rings is 1. The number of halogens is 1. The van der Waals surface area contributed by atoms with Crippen molar-refractivity contribution in [3.63, 3.8) is 0 Å². The van der Waals surface area contributed by atoms with Crippen LogP contribution < -0.4 is 0 Å². The fourth-order valence-electron chi connectivity index (χ4n) is 3.54. The van der Waals surface area contributed by atoms with Crippen molar-refractivity contribution in [2.45, 2.75) is 39.0 Å². The molecule has 1 aliphatic rings. The number of benzene rings is 1. The zero-order valence-corrected chi connectivity index (χ0v) is 14.9. The Hall–Kier alpha value is -1.61. The van der Waals surface area contributed by atoms with Crippen LogP contribution >= 0.6 is 15.9 Å². The summed E-state index contributed by atoms with van der Waals surface area (Å²) in [5, 5.41) is 0. The quantitative estimate of drug-likeness (QED) is 0.546. The Labute approximate surface area is 145 Å². The first kappa shape index (κ1) is 14.9. The Bertz CT molecular complexity index is 844. The van der Waals surface area contributed by atoms with Crippen LogP contribution in [0.3, 0.4) is 0 Å². The molecule has 3 aromatic rings. The highest BCUT2D eigenvalue weighted by Crippen LogP contribution is 2.39. The van der Waals surface area contributed by atoms with Crippen LogP contribution in [0.15, 0.2) is 47.1 Å². The lowest BCUT2D eigenvalue weighted by atomic mass is 9.85. The maximum Gasteiger partial charge on any atom is 0.137 e. The van der Waals surface area contributed by atoms with Gasteiger partial charge in [0.2, 0.25) is 0 Å². The standard InChI is InChI=1S/C20H20BrN2/c1-14-11-12-23-18(13-14)22-19(16-9-5-6-10-17(16)21)20(23)15-7-3-2-4-8-15/h5-6,9-13H,2-4,7-8H2,1H3. The third-order valence-corrected chi connectivity index (χ3v) is 5.39. The molecule has 0 unspecified atom stereocenters. The molecular weight excluding hydrogens is 348 g/mol. The lowest BCUT2D eigenvalue weighted by Crippen LogP contribution is -2.09. The molecule has 1 radical (unpaired) electrons. The Morgan fingerprint density at radius 1 is 1.04 bits per heavy atom. The fourth-order valence-corrected chi connectivity index (χ4v) is 4.01. The number of hydrogen-bond acceptors (Lipinski definition) is 1. The van der Waals surface area contributed by atoms with Crippen LogP contribution in [-0.4, -0.2) is 9.38 Å². The molecule has 2 nitrogen and oxygen atoms in total. The van der Waals surface area contributed by atoms with Gasteiger partial charge in [0.05, 0.1) is 11.4 Å². The monoisotopic (exact) mass is 367 g/mol. The van der Waals surface area contributed by atoms with Gasteiger partial charge in [-0.15, -0.1) is 0 Å². The average Bonchev–Trinajstić information content (AvgIpc) is 2.94. The van der Waals surface area contributed by atoms with E-state index in [1.54, 1.807) is 5.92 Å². The van der Waals surface area contributed by atoms with E-state index in [2.05, 4.69) is 69.8 Å². The van der Waals surface area contributed by atoms with Gasteiger partial charge in [0.15, 0.2) is 0 Å². The molecule has 117 valence electrons. The number of aryl methyl sites for hydroxylation is 1. The van der Waals surface area contributed by atoms with E-state index in [0.717, 1.165) is 15.8 Å². The Morgan fingerprint density at radius 3 is 2.61 bits per heavy atom. The Morgan fingerprint density at radius 2 is 1.83 bits per heavy atom. The molecule has 1 aromatic carbocycles. The van der Waals surface area contributed by atoms with Gasteiger partial charge in [-0.05, 0) is 43.5 Å². The molecule has 1 aliphatic carbocycles. The van der Waals surface area contributed by atoms with E-state index in [9.17, 15) is 0 Å². The summed E-state index contributed by atoms with van der Waals surface area (Å²) in [6, 6.07) is 12.7. The van der Waals surface area contributed by atoms with Crippen LogP contribution in [0.4, 0.5) is 0 Å². The predicted octanol–water partition coefficient (Wildman–Crippen LogP) is 5.96. The van der Waals surface area contributed by atoms with E-state index in [4.69, 9.17) is 4.98 Å². The van der Waals surface area contributed by atoms with Gasteiger partial charge < -0.3 is 4.40 Å². The minimum Gasteiger partial charge on any atom is -0.303 e. The van der Waals surface area contributed by atoms with Crippen molar-refractivity contribution in [3.05, 3.63) is 64.2 Å². The molecule has 2 aromatic heterocycles. The molecule has 0 bridgehead atoms. The number of rotatable bonds is 2. The molecule has 0 N–H and O–H groups in total. The third kappa shape index (κ3) is 2.72. The summed E-state index contributed by atoms with van der Waals surface area (Å²) in [5.41, 5.74) is 5.90. The van der Waals surface area contributed by atoms with E-state index in [1.807, 2.05) is 0 Å². The average molecular weight is 368 g/mol. The maximum absolute atomic E-state index is 4.99. The topological polar surface area (TPSA) is 17.3 Å². The lowest BCUT2D eigenvalue weighted by molar-refractivity contribution is 0.545. The van der Waals surface area contributed by atoms with E-state index >= 15 is 0 Å². The van der Waals surface area contributed by atoms with Crippen LogP contribution in [0, 0.1) is 12.8 Å². The SMILES string of the molecule is Cc1ccn2c([C]3CCCCC3)c(-c3ccccc3Br)nc2c1. The molecule has 1 saturated carbocycles. The zero-order chi connectivity index (χ0) is 15.8. The van der Waals surface area contributed by atoms with Gasteiger partial charge in [-0.25, -0.2) is 4.98 Å². The minimum atomic E-state index is 1.05. The fraction of sp³-hybridized carbons (Fsp3) is 0.300. The second-order valence-electron chi connectivity index (χ2n) is 6.39. The molecular formula is C20H20BrN2. The summed E-state index contributed by atoms with van der Waals surface area (Å²) < 4.78 is 3.39. The summed E-state index contributed by atoms with van der Waals surface area (Å²) >= 11 is 3.70. The molecule has 0 atom stereocenters. The first-order chi connectivity index (χ1) is 11.2. The van der Waals surface area contributed by atoms with Crippen LogP contribution in [-0.2, 0) is 0 Å². The van der Waals surface area contributed by atoms with Crippen molar-refractivity contribution in [1.82, 2.24) is 9.38 Å². The second kappa shape index (κ2) is 6.12. The molecule has 1 fully saturated rings. The molecule has 0 spiro atoms. The van der Waals surface area contributed by atoms with Gasteiger partial charge in [0, 0.05) is 22.2 Å². The highest BCUT2D eigenvalue weighted by molar-refractivity contribution is 9.10. The predicted molar refractivity (Wildman–Crippen MR) is 98.5 cm³/mol. The molecule has 3 heteroatoms. The third-order valence-electron chi connectivity index (χ3n) is 4.70. The van der Waals surface area contributed by atoms with Crippen molar-refractivity contribution in [1.29, 1.82) is 0 Å². The van der Waals surface area contributed by atoms with E-state index in [-0.39, 0.29) is 0 Å². The highest BCUT2D eigenvalue weighted by Gasteiger charge is 2.25. The zero-order valence-electron chi connectivity index (χ0n) is 13.3. The van der Waals surface area contributed by atoms with Gasteiger partial charge in [-0.2, -0.15) is 0 Å². The van der Waals surface area contributed by atoms with Crippen molar-refractivity contribution >= 4 is 21.6 Å². The summed E-state index contributed by atoms with van der Waals surface area (Å²) in [5.74, 6) is 1.55. The van der Waals surface area contributed by atoms with Crippen LogP contribution in [0.5, 0.6) is 0 Å². The van der Waals surface area contributed by atoms with Crippen LogP contribution in [0.1, 0.15) is 43.4 Å². The van der Waals surface area contributed by atoms with Crippen molar-refractivity contribution in [3.8, 4) is 11.3 Å². The first-order valence-corrected chi connectivity index (χ1v) is 9.12. The Kier molecular flexibility index (Phi) is 3.98. The number of aromatic nitrogens is 2. The number of nitrogens with zero attached hydrogens (tertiary/aromatic N) is 2. The van der Waals surface area contributed by atoms with E-state index in [0.29, 0.717) is 0 Å². The van der Waals surface area contributed by atoms with Crippen LogP contribution in [0.25, 0.3) is 16.9 Å². The smallest absolute Gasteiger partial charge is 0.137 e. The highest BCUT2D eigenvalue weighted by atomic mass is 79.9. The number of imidazole rings is 1. The molecule has 4 rings (SSSR count). The van der Waals surface area contributed by atoms with Crippen molar-refractivity contribution in [2.75, 3.05) is 0 Å². The summed E-state index contributed by atoms with van der Waals surface area (Å²) in [6.07, 6.45) is 8.50. The summed E-state index contributed by atoms with van der Waals surface area (Å²) in [4.78, 5) is 4.99. The molecule has 23 heavy (non-hydrogen) atoms. The molecule has 0 amide bonds. The summed E-state index contributed by atoms with van der Waals surface area (Å²) in [7, 11) is 0. The van der Waals surface area contributed by atoms with Gasteiger partial charge >= 0.3 is 0 Å². The van der Waals surface area contributed by atoms with Gasteiger partial charge in [-0.1, -0.05) is 53.4 Å². The lowest BCUT2D eigenvalue weighted by Gasteiger charge is -2.22. The van der Waals surface area contributed by atoms with E-state index in [1.165, 1.54) is 48.9 Å². The van der Waals surface area contributed by atoms with Crippen molar-refractivity contribution < 1.29 is 0 Å². The van der Waals surface area contributed by atoms with Gasteiger partial charge in [0.1, 0.15) is 5.65 Å². The summed E-state index contributed by atoms with van der Waals surface area (Å²) in [6.45, 7) is 2.13. The Balaban J connectivity index is 1.96. The minimum absolute atomic E-state index is 1.05. The maximum atomic E-state index is 4.99. The molecule has 2 heterocycles. The normalized spacial score (nSPS) is 16.1. The van der Waals surface area contributed by atoms with Gasteiger partial charge in [0.25, 0.3) is 0 Å². The first-order valence-electron chi connectivity index (χ1n) is 8.33. The number of fused-ring (bicyclic) bond motifs is 1. The van der Waals surface area contributed by atoms with E-state index < -0.39 is 0 Å².